The van der Waals surface area contributed by atoms with Crippen molar-refractivity contribution < 1.29 is 13.8 Å². The number of rotatable bonds is 3. The summed E-state index contributed by atoms with van der Waals surface area (Å²) in [5.41, 5.74) is 1.12. The van der Waals surface area contributed by atoms with Gasteiger partial charge in [-0.3, -0.25) is 13.8 Å². The van der Waals surface area contributed by atoms with E-state index in [1.807, 2.05) is 30.3 Å². The van der Waals surface area contributed by atoms with Crippen LogP contribution in [0.5, 0.6) is 11.5 Å². The lowest BCUT2D eigenvalue weighted by Gasteiger charge is -2.04. The van der Waals surface area contributed by atoms with Crippen LogP contribution >= 0.6 is 41.5 Å². The molecule has 1 aliphatic heterocycles. The van der Waals surface area contributed by atoms with Gasteiger partial charge in [0, 0.05) is 11.6 Å². The van der Waals surface area contributed by atoms with Crippen molar-refractivity contribution in [2.24, 2.45) is 0 Å². The van der Waals surface area contributed by atoms with Gasteiger partial charge >= 0.3 is 7.07 Å². The Bertz CT molecular complexity index is 764. The van der Waals surface area contributed by atoms with Gasteiger partial charge in [0.15, 0.2) is 17.1 Å². The lowest BCUT2D eigenvalue weighted by atomic mass is 10.2. The summed E-state index contributed by atoms with van der Waals surface area (Å²) < 4.78 is 11.3. The molecule has 0 bridgehead atoms. The maximum atomic E-state index is 11.2. The van der Waals surface area contributed by atoms with Gasteiger partial charge in [-0.15, -0.1) is 0 Å². The predicted molar refractivity (Wildman–Crippen MR) is 90.9 cm³/mol. The van der Waals surface area contributed by atoms with E-state index in [-0.39, 0.29) is 0 Å². The summed E-state index contributed by atoms with van der Waals surface area (Å²) in [6, 6.07) is 14.0. The van der Waals surface area contributed by atoms with Crippen LogP contribution < -0.4 is 9.05 Å². The molecule has 0 aliphatic carbocycles. The molecule has 1 aliphatic rings. The number of hydrogen-bond acceptors (Lipinski definition) is 3. The van der Waals surface area contributed by atoms with Crippen LogP contribution in [-0.4, -0.2) is 5.24 Å². The smallest absolute Gasteiger partial charge is 0.282 e. The van der Waals surface area contributed by atoms with Crippen molar-refractivity contribution in [3.05, 3.63) is 65.5 Å². The van der Waals surface area contributed by atoms with E-state index in [0.29, 0.717) is 22.1 Å². The average Bonchev–Trinajstić information content (AvgIpc) is 2.82. The van der Waals surface area contributed by atoms with Crippen molar-refractivity contribution in [1.29, 1.82) is 0 Å². The van der Waals surface area contributed by atoms with Crippen molar-refractivity contribution in [2.75, 3.05) is 0 Å². The fraction of sp³-hybridized carbons (Fsp3) is 0. The van der Waals surface area contributed by atoms with Gasteiger partial charge in [0.2, 0.25) is 11.5 Å². The molecule has 2 aromatic rings. The molecule has 0 amide bonds. The molecule has 0 fully saturated rings. The fourth-order valence-corrected chi connectivity index (χ4v) is 4.83. The maximum Gasteiger partial charge on any atom is 0.487 e. The Morgan fingerprint density at radius 1 is 0.955 bits per heavy atom. The molecule has 0 saturated heterocycles. The first-order chi connectivity index (χ1) is 10.5. The van der Waals surface area contributed by atoms with Crippen molar-refractivity contribution in [3.63, 3.8) is 0 Å². The van der Waals surface area contributed by atoms with Gasteiger partial charge in [-0.25, -0.2) is 0 Å². The molecule has 0 N–H and O–H groups in total. The summed E-state index contributed by atoms with van der Waals surface area (Å²) in [7, 11) is -2.85. The molecular formula is C15H9Cl3O3P+. The SMILES string of the molecule is O=C(Cl)c1ccc2c(c1)O[P+](Cl)(/C=C(\Cl)c1ccccc1)O2. The Morgan fingerprint density at radius 2 is 1.64 bits per heavy atom. The average molecular weight is 375 g/mol. The molecule has 0 saturated carbocycles. The number of benzene rings is 2. The Balaban J connectivity index is 1.89. The quantitative estimate of drug-likeness (QED) is 0.483. The Morgan fingerprint density at radius 3 is 2.32 bits per heavy atom. The van der Waals surface area contributed by atoms with Crippen LogP contribution in [-0.2, 0) is 0 Å². The van der Waals surface area contributed by atoms with E-state index in [9.17, 15) is 4.79 Å². The van der Waals surface area contributed by atoms with E-state index in [1.165, 1.54) is 6.07 Å². The zero-order valence-electron chi connectivity index (χ0n) is 11.0. The van der Waals surface area contributed by atoms with E-state index >= 15 is 0 Å². The Hall–Kier alpha value is -1.25. The lowest BCUT2D eigenvalue weighted by Crippen LogP contribution is -1.91. The van der Waals surface area contributed by atoms with Gasteiger partial charge in [-0.1, -0.05) is 41.9 Å². The van der Waals surface area contributed by atoms with Gasteiger partial charge in [0.05, 0.1) is 5.03 Å². The molecule has 1 heterocycles. The minimum absolute atomic E-state index is 0.312. The zero-order valence-corrected chi connectivity index (χ0v) is 14.2. The first-order valence-electron chi connectivity index (χ1n) is 6.22. The monoisotopic (exact) mass is 373 g/mol. The van der Waals surface area contributed by atoms with Crippen LogP contribution in [0.2, 0.25) is 0 Å². The van der Waals surface area contributed by atoms with Crippen LogP contribution in [0.25, 0.3) is 5.03 Å². The number of halogens is 3. The summed E-state index contributed by atoms with van der Waals surface area (Å²) in [4.78, 5) is 11.2. The van der Waals surface area contributed by atoms with Gasteiger partial charge in [-0.05, 0) is 29.3 Å². The van der Waals surface area contributed by atoms with Crippen LogP contribution in [0, 0.1) is 0 Å². The summed E-state index contributed by atoms with van der Waals surface area (Å²) in [5.74, 6) is 2.40. The minimum atomic E-state index is -2.85. The normalized spacial score (nSPS) is 20.0. The summed E-state index contributed by atoms with van der Waals surface area (Å²) in [5, 5.41) is -0.139. The number of hydrogen-bond donors (Lipinski definition) is 0. The van der Waals surface area contributed by atoms with Crippen LogP contribution in [0.15, 0.2) is 54.3 Å². The van der Waals surface area contributed by atoms with Gasteiger partial charge in [0.25, 0.3) is 5.24 Å². The van der Waals surface area contributed by atoms with E-state index in [0.717, 1.165) is 5.56 Å². The molecule has 3 nitrogen and oxygen atoms in total. The first-order valence-corrected chi connectivity index (χ1v) is 9.57. The van der Waals surface area contributed by atoms with E-state index < -0.39 is 12.3 Å². The summed E-state index contributed by atoms with van der Waals surface area (Å²) >= 11 is 18.1. The third-order valence-corrected chi connectivity index (χ3v) is 5.80. The molecule has 2 aromatic carbocycles. The number of carbonyl (C=O) groups is 1. The van der Waals surface area contributed by atoms with Gasteiger partial charge in [0.1, 0.15) is 0 Å². The Labute approximate surface area is 142 Å². The first kappa shape index (κ1) is 15.6. The van der Waals surface area contributed by atoms with Crippen LogP contribution in [0.1, 0.15) is 15.9 Å². The third-order valence-electron chi connectivity index (χ3n) is 2.93. The molecule has 0 radical (unpaired) electrons. The highest BCUT2D eigenvalue weighted by molar-refractivity contribution is 7.94. The summed E-state index contributed by atoms with van der Waals surface area (Å²) in [6.07, 6.45) is 0. The second-order valence-corrected chi connectivity index (χ2v) is 8.31. The van der Waals surface area contributed by atoms with Crippen LogP contribution in [0.4, 0.5) is 0 Å². The van der Waals surface area contributed by atoms with E-state index in [2.05, 4.69) is 0 Å². The lowest BCUT2D eigenvalue weighted by molar-refractivity contribution is 0.108. The van der Waals surface area contributed by atoms with Crippen molar-refractivity contribution in [2.45, 2.75) is 0 Å². The van der Waals surface area contributed by atoms with Crippen LogP contribution in [0.3, 0.4) is 0 Å². The molecule has 1 unspecified atom stereocenters. The fourth-order valence-electron chi connectivity index (χ4n) is 1.92. The summed E-state index contributed by atoms with van der Waals surface area (Å²) in [6.45, 7) is 0. The molecule has 7 heteroatoms. The van der Waals surface area contributed by atoms with Crippen molar-refractivity contribution in [3.8, 4) is 11.5 Å². The largest absolute Gasteiger partial charge is 0.487 e. The number of carbonyl (C=O) groups excluding carboxylic acids is 1. The van der Waals surface area contributed by atoms with Gasteiger partial charge < -0.3 is 0 Å². The molecule has 22 heavy (non-hydrogen) atoms. The highest BCUT2D eigenvalue weighted by Gasteiger charge is 2.50. The van der Waals surface area contributed by atoms with Crippen molar-refractivity contribution in [1.82, 2.24) is 0 Å². The maximum absolute atomic E-state index is 11.2. The van der Waals surface area contributed by atoms with E-state index in [1.54, 1.807) is 17.9 Å². The Kier molecular flexibility index (Phi) is 4.33. The zero-order chi connectivity index (χ0) is 15.7. The minimum Gasteiger partial charge on any atom is -0.282 e. The van der Waals surface area contributed by atoms with Gasteiger partial charge in [-0.2, -0.15) is 0 Å². The van der Waals surface area contributed by atoms with E-state index in [4.69, 9.17) is 43.5 Å². The predicted octanol–water partition coefficient (Wildman–Crippen LogP) is 6.08. The molecule has 0 aromatic heterocycles. The highest BCUT2D eigenvalue weighted by Crippen LogP contribution is 2.73. The molecule has 1 atom stereocenters. The second kappa shape index (κ2) is 6.10. The second-order valence-electron chi connectivity index (χ2n) is 4.48. The van der Waals surface area contributed by atoms with Crippen molar-refractivity contribution >= 4 is 51.8 Å². The highest BCUT2D eigenvalue weighted by atomic mass is 35.7. The molecule has 3 rings (SSSR count). The third kappa shape index (κ3) is 3.23. The topological polar surface area (TPSA) is 35.5 Å². The number of fused-ring (bicyclic) bond motifs is 1. The molecule has 0 spiro atoms. The molecular weight excluding hydrogens is 365 g/mol. The standard InChI is InChI=1S/C15H9Cl3O3P/c16-12(10-4-2-1-3-5-10)9-22(18)20-13-7-6-11(15(17)19)8-14(13)21-22/h1-9H/q+1/b12-9-. The molecule has 112 valence electrons.